The lowest BCUT2D eigenvalue weighted by Crippen LogP contribution is -2.47. The number of benzene rings is 1. The zero-order chi connectivity index (χ0) is 25.3. The quantitative estimate of drug-likeness (QED) is 0.422. The van der Waals surface area contributed by atoms with Crippen molar-refractivity contribution in [3.05, 3.63) is 35.1 Å². The summed E-state index contributed by atoms with van der Waals surface area (Å²) in [6.45, 7) is 1.97. The molecule has 0 bridgehead atoms. The lowest BCUT2D eigenvalue weighted by atomic mass is 9.69. The largest absolute Gasteiger partial charge is 0.419 e. The summed E-state index contributed by atoms with van der Waals surface area (Å²) in [6, 6.07) is 3.48. The molecule has 1 amide bonds. The first-order chi connectivity index (χ1) is 17.3. The highest BCUT2D eigenvalue weighted by molar-refractivity contribution is 5.79. The van der Waals surface area contributed by atoms with Crippen LogP contribution in [0.25, 0.3) is 0 Å². The molecular formula is C29H40F4N2O. The summed E-state index contributed by atoms with van der Waals surface area (Å²) < 4.78 is 53.1. The number of carbonyl (C=O) groups excluding carboxylic acids is 1. The second-order valence-electron chi connectivity index (χ2n) is 11.9. The molecule has 1 aromatic carbocycles. The van der Waals surface area contributed by atoms with E-state index in [4.69, 9.17) is 0 Å². The van der Waals surface area contributed by atoms with Crippen LogP contribution < -0.4 is 5.32 Å². The van der Waals surface area contributed by atoms with Gasteiger partial charge in [0.25, 0.3) is 0 Å². The molecule has 1 aromatic rings. The first-order valence-corrected chi connectivity index (χ1v) is 14.2. The monoisotopic (exact) mass is 508 g/mol. The Hall–Kier alpha value is -1.63. The van der Waals surface area contributed by atoms with Crippen LogP contribution in [-0.2, 0) is 17.5 Å². The number of nitrogens with one attached hydrogen (secondary N) is 1. The number of rotatable bonds is 6. The Morgan fingerprint density at radius 2 is 1.56 bits per heavy atom. The van der Waals surface area contributed by atoms with Gasteiger partial charge in [0.2, 0.25) is 5.91 Å². The number of carbonyl (C=O) groups is 1. The summed E-state index contributed by atoms with van der Waals surface area (Å²) in [4.78, 5) is 15.9. The molecule has 4 aliphatic rings. The van der Waals surface area contributed by atoms with Crippen LogP contribution in [0.3, 0.4) is 0 Å². The summed E-state index contributed by atoms with van der Waals surface area (Å²) in [6.07, 6.45) is 9.59. The van der Waals surface area contributed by atoms with Gasteiger partial charge in [-0.05, 0) is 79.9 Å². The molecule has 0 aromatic heterocycles. The van der Waals surface area contributed by atoms with E-state index < -0.39 is 17.6 Å². The predicted molar refractivity (Wildman–Crippen MR) is 131 cm³/mol. The number of fused-ring (bicyclic) bond motifs is 1. The van der Waals surface area contributed by atoms with Crippen molar-refractivity contribution >= 4 is 5.91 Å². The molecule has 3 aliphatic carbocycles. The molecule has 3 atom stereocenters. The molecule has 36 heavy (non-hydrogen) atoms. The fourth-order valence-corrected chi connectivity index (χ4v) is 7.89. The van der Waals surface area contributed by atoms with Gasteiger partial charge in [0.1, 0.15) is 5.82 Å². The van der Waals surface area contributed by atoms with E-state index in [9.17, 15) is 22.4 Å². The molecule has 0 radical (unpaired) electrons. The van der Waals surface area contributed by atoms with Crippen molar-refractivity contribution in [3.63, 3.8) is 0 Å². The van der Waals surface area contributed by atoms with E-state index in [1.165, 1.54) is 70.3 Å². The Morgan fingerprint density at radius 1 is 0.917 bits per heavy atom. The van der Waals surface area contributed by atoms with Crippen LogP contribution in [0.1, 0.15) is 88.2 Å². The number of halogens is 4. The van der Waals surface area contributed by atoms with Crippen molar-refractivity contribution in [1.82, 2.24) is 10.2 Å². The summed E-state index contributed by atoms with van der Waals surface area (Å²) in [5, 5.41) is 3.50. The van der Waals surface area contributed by atoms with Crippen LogP contribution in [0.15, 0.2) is 18.2 Å². The molecule has 3 nitrogen and oxygen atoms in total. The van der Waals surface area contributed by atoms with E-state index in [0.29, 0.717) is 35.8 Å². The van der Waals surface area contributed by atoms with Crippen molar-refractivity contribution in [1.29, 1.82) is 0 Å². The van der Waals surface area contributed by atoms with E-state index in [1.54, 1.807) is 0 Å². The van der Waals surface area contributed by atoms with Crippen molar-refractivity contribution in [2.24, 2.45) is 29.6 Å². The molecule has 1 aliphatic heterocycles. The van der Waals surface area contributed by atoms with E-state index in [2.05, 4.69) is 10.2 Å². The van der Waals surface area contributed by atoms with Gasteiger partial charge in [-0.15, -0.1) is 0 Å². The fraction of sp³-hybridized carbons (Fsp3) is 0.759. The van der Waals surface area contributed by atoms with E-state index in [0.717, 1.165) is 38.1 Å². The minimum atomic E-state index is -4.69. The minimum absolute atomic E-state index is 0.141. The molecule has 1 heterocycles. The third kappa shape index (κ3) is 5.76. The summed E-state index contributed by atoms with van der Waals surface area (Å²) >= 11 is 0. The van der Waals surface area contributed by atoms with Crippen molar-refractivity contribution in [3.8, 4) is 0 Å². The predicted octanol–water partition coefficient (Wildman–Crippen LogP) is 6.95. The van der Waals surface area contributed by atoms with Crippen LogP contribution >= 0.6 is 0 Å². The average Bonchev–Trinajstić information content (AvgIpc) is 3.42. The van der Waals surface area contributed by atoms with Gasteiger partial charge in [0, 0.05) is 31.6 Å². The number of likely N-dealkylation sites (tertiary alicyclic amines) is 1. The smallest absolute Gasteiger partial charge is 0.353 e. The highest BCUT2D eigenvalue weighted by Crippen LogP contribution is 2.42. The number of hydrogen-bond donors (Lipinski definition) is 1. The van der Waals surface area contributed by atoms with Gasteiger partial charge in [0.05, 0.1) is 5.56 Å². The van der Waals surface area contributed by atoms with Gasteiger partial charge in [0.15, 0.2) is 0 Å². The van der Waals surface area contributed by atoms with Crippen LogP contribution in [0.5, 0.6) is 0 Å². The lowest BCUT2D eigenvalue weighted by Gasteiger charge is -2.37. The molecule has 5 rings (SSSR count). The standard InChI is InChI=1S/C29H40F4N2O/c30-25-13-11-19(15-24(25)29(31,32)33)16-35-17-22-12-14-26(23(22)18-35)34-28(36)27(20-7-3-1-4-8-20)21-9-5-2-6-10-21/h11,13,15,20-23,26-27H,1-10,12,14,16-18H2,(H,34,36)/t22-,23+,26-/m0/s1. The Kier molecular flexibility index (Phi) is 7.95. The molecule has 0 unspecified atom stereocenters. The van der Waals surface area contributed by atoms with Gasteiger partial charge in [-0.1, -0.05) is 44.6 Å². The van der Waals surface area contributed by atoms with Crippen molar-refractivity contribution in [2.45, 2.75) is 95.8 Å². The van der Waals surface area contributed by atoms with Crippen molar-refractivity contribution in [2.75, 3.05) is 13.1 Å². The molecule has 200 valence electrons. The fourth-order valence-electron chi connectivity index (χ4n) is 7.89. The SMILES string of the molecule is O=C(N[C@H]1CC[C@H]2CN(Cc3ccc(F)c(C(F)(F)F)c3)C[C@H]21)C(C1CCCCC1)C1CCCCC1. The maximum absolute atomic E-state index is 13.8. The first-order valence-electron chi connectivity index (χ1n) is 14.2. The number of amides is 1. The van der Waals surface area contributed by atoms with Crippen LogP contribution in [0, 0.1) is 35.4 Å². The molecular weight excluding hydrogens is 468 g/mol. The van der Waals surface area contributed by atoms with E-state index >= 15 is 0 Å². The number of nitrogens with zero attached hydrogens (tertiary/aromatic N) is 1. The van der Waals surface area contributed by atoms with Gasteiger partial charge >= 0.3 is 6.18 Å². The number of hydrogen-bond acceptors (Lipinski definition) is 2. The Morgan fingerprint density at radius 3 is 2.17 bits per heavy atom. The molecule has 4 fully saturated rings. The Labute approximate surface area is 212 Å². The normalized spacial score (nSPS) is 28.5. The maximum Gasteiger partial charge on any atom is 0.419 e. The third-order valence-corrected chi connectivity index (χ3v) is 9.62. The maximum atomic E-state index is 13.8. The Bertz CT molecular complexity index is 889. The molecule has 1 N–H and O–H groups in total. The molecule has 0 spiro atoms. The third-order valence-electron chi connectivity index (χ3n) is 9.62. The highest BCUT2D eigenvalue weighted by atomic mass is 19.4. The zero-order valence-corrected chi connectivity index (χ0v) is 21.2. The topological polar surface area (TPSA) is 32.3 Å². The summed E-state index contributed by atoms with van der Waals surface area (Å²) in [7, 11) is 0. The molecule has 3 saturated carbocycles. The summed E-state index contributed by atoms with van der Waals surface area (Å²) in [5.74, 6) is 1.02. The van der Waals surface area contributed by atoms with Gasteiger partial charge in [-0.25, -0.2) is 4.39 Å². The number of alkyl halides is 3. The van der Waals surface area contributed by atoms with Crippen LogP contribution in [0.4, 0.5) is 17.6 Å². The van der Waals surface area contributed by atoms with Gasteiger partial charge in [-0.2, -0.15) is 13.2 Å². The first kappa shape index (κ1) is 26.0. The summed E-state index contributed by atoms with van der Waals surface area (Å²) in [5.41, 5.74) is -0.708. The average molecular weight is 509 g/mol. The molecule has 1 saturated heterocycles. The zero-order valence-electron chi connectivity index (χ0n) is 21.2. The highest BCUT2D eigenvalue weighted by Gasteiger charge is 2.45. The second-order valence-corrected chi connectivity index (χ2v) is 11.9. The van der Waals surface area contributed by atoms with Crippen LogP contribution in [0.2, 0.25) is 0 Å². The minimum Gasteiger partial charge on any atom is -0.353 e. The van der Waals surface area contributed by atoms with E-state index in [1.807, 2.05) is 0 Å². The van der Waals surface area contributed by atoms with Crippen molar-refractivity contribution < 1.29 is 22.4 Å². The Balaban J connectivity index is 1.22. The van der Waals surface area contributed by atoms with Crippen LogP contribution in [-0.4, -0.2) is 29.9 Å². The van der Waals surface area contributed by atoms with E-state index in [-0.39, 0.29) is 17.9 Å². The molecule has 7 heteroatoms. The second kappa shape index (κ2) is 11.0. The van der Waals surface area contributed by atoms with Gasteiger partial charge < -0.3 is 5.32 Å². The lowest BCUT2D eigenvalue weighted by molar-refractivity contribution is -0.140. The van der Waals surface area contributed by atoms with Gasteiger partial charge in [-0.3, -0.25) is 9.69 Å².